The van der Waals surface area contributed by atoms with Crippen molar-refractivity contribution in [3.8, 4) is 17.5 Å². The van der Waals surface area contributed by atoms with E-state index in [1.165, 1.54) is 19.3 Å². The summed E-state index contributed by atoms with van der Waals surface area (Å²) in [5.74, 6) is 0.829. The van der Waals surface area contributed by atoms with Crippen LogP contribution in [0.1, 0.15) is 48.2 Å². The van der Waals surface area contributed by atoms with E-state index in [9.17, 15) is 4.79 Å². The number of nitriles is 1. The molecule has 3 aromatic rings. The van der Waals surface area contributed by atoms with Crippen LogP contribution in [-0.2, 0) is 0 Å². The lowest BCUT2D eigenvalue weighted by Gasteiger charge is -2.23. The third kappa shape index (κ3) is 4.81. The summed E-state index contributed by atoms with van der Waals surface area (Å²) in [6.07, 6.45) is 5.89. The first kappa shape index (κ1) is 19.6. The predicted molar refractivity (Wildman–Crippen MR) is 117 cm³/mol. The van der Waals surface area contributed by atoms with Crippen LogP contribution in [0.2, 0.25) is 0 Å². The Kier molecular flexibility index (Phi) is 6.00. The molecule has 150 valence electrons. The average molecular weight is 397 g/mol. The van der Waals surface area contributed by atoms with Crippen LogP contribution in [0.25, 0.3) is 11.4 Å². The van der Waals surface area contributed by atoms with Gasteiger partial charge in [-0.2, -0.15) is 5.26 Å². The molecule has 0 unspecified atom stereocenters. The molecule has 0 bridgehead atoms. The van der Waals surface area contributed by atoms with Crippen molar-refractivity contribution in [1.29, 1.82) is 5.26 Å². The fourth-order valence-corrected chi connectivity index (χ4v) is 3.67. The van der Waals surface area contributed by atoms with Crippen LogP contribution in [0.3, 0.4) is 0 Å². The third-order valence-corrected chi connectivity index (χ3v) is 5.20. The highest BCUT2D eigenvalue weighted by atomic mass is 16.1. The lowest BCUT2D eigenvalue weighted by molar-refractivity contribution is 0.102. The second-order valence-corrected chi connectivity index (χ2v) is 7.45. The van der Waals surface area contributed by atoms with Crippen molar-refractivity contribution < 1.29 is 4.79 Å². The van der Waals surface area contributed by atoms with Gasteiger partial charge in [-0.25, -0.2) is 9.97 Å². The molecule has 1 aliphatic carbocycles. The van der Waals surface area contributed by atoms with Crippen molar-refractivity contribution in [2.24, 2.45) is 0 Å². The first-order valence-electron chi connectivity index (χ1n) is 10.2. The van der Waals surface area contributed by atoms with Crippen molar-refractivity contribution in [3.63, 3.8) is 0 Å². The topological polar surface area (TPSA) is 90.7 Å². The van der Waals surface area contributed by atoms with E-state index >= 15 is 0 Å². The fraction of sp³-hybridized carbons (Fsp3) is 0.250. The van der Waals surface area contributed by atoms with Crippen molar-refractivity contribution in [3.05, 3.63) is 71.9 Å². The van der Waals surface area contributed by atoms with E-state index < -0.39 is 0 Å². The molecule has 6 heteroatoms. The summed E-state index contributed by atoms with van der Waals surface area (Å²) in [6.45, 7) is 0. The molecular weight excluding hydrogens is 374 g/mol. The number of aromatic nitrogens is 2. The highest BCUT2D eigenvalue weighted by Crippen LogP contribution is 2.23. The molecule has 0 radical (unpaired) electrons. The van der Waals surface area contributed by atoms with E-state index in [0.29, 0.717) is 28.9 Å². The van der Waals surface area contributed by atoms with Gasteiger partial charge in [0.05, 0.1) is 11.6 Å². The third-order valence-electron chi connectivity index (χ3n) is 5.20. The molecule has 0 aliphatic heterocycles. The van der Waals surface area contributed by atoms with Crippen LogP contribution in [0.15, 0.2) is 60.7 Å². The molecule has 6 nitrogen and oxygen atoms in total. The van der Waals surface area contributed by atoms with E-state index in [2.05, 4.69) is 26.7 Å². The first-order chi connectivity index (χ1) is 14.7. The van der Waals surface area contributed by atoms with Crippen LogP contribution < -0.4 is 10.6 Å². The number of nitrogens with one attached hydrogen (secondary N) is 2. The minimum Gasteiger partial charge on any atom is -0.367 e. The van der Waals surface area contributed by atoms with Crippen molar-refractivity contribution >= 4 is 17.4 Å². The highest BCUT2D eigenvalue weighted by molar-refractivity contribution is 6.03. The fourth-order valence-electron chi connectivity index (χ4n) is 3.67. The number of carbonyl (C=O) groups is 1. The van der Waals surface area contributed by atoms with Gasteiger partial charge < -0.3 is 10.6 Å². The Labute approximate surface area is 176 Å². The van der Waals surface area contributed by atoms with E-state index in [-0.39, 0.29) is 11.6 Å². The van der Waals surface area contributed by atoms with E-state index in [1.807, 2.05) is 30.3 Å². The van der Waals surface area contributed by atoms with Crippen LogP contribution in [-0.4, -0.2) is 21.9 Å². The summed E-state index contributed by atoms with van der Waals surface area (Å²) in [5.41, 5.74) is 2.18. The van der Waals surface area contributed by atoms with Gasteiger partial charge in [-0.1, -0.05) is 55.7 Å². The smallest absolute Gasteiger partial charge is 0.274 e. The SMILES string of the molecule is N#Cc1cccc(NC(=O)c2cc(NC3CCCCC3)nc(-c3ccccc3)n2)c1. The Morgan fingerprint density at radius 2 is 1.77 bits per heavy atom. The molecule has 1 heterocycles. The zero-order valence-corrected chi connectivity index (χ0v) is 16.6. The molecule has 1 aromatic heterocycles. The first-order valence-corrected chi connectivity index (χ1v) is 10.2. The number of rotatable bonds is 5. The van der Waals surface area contributed by atoms with Gasteiger partial charge in [0.1, 0.15) is 11.5 Å². The van der Waals surface area contributed by atoms with E-state index in [4.69, 9.17) is 5.26 Å². The molecule has 4 rings (SSSR count). The van der Waals surface area contributed by atoms with E-state index in [1.54, 1.807) is 30.3 Å². The zero-order valence-electron chi connectivity index (χ0n) is 16.6. The van der Waals surface area contributed by atoms with Gasteiger partial charge in [-0.15, -0.1) is 0 Å². The number of hydrogen-bond acceptors (Lipinski definition) is 5. The largest absolute Gasteiger partial charge is 0.367 e. The Morgan fingerprint density at radius 1 is 0.967 bits per heavy atom. The van der Waals surface area contributed by atoms with Crippen molar-refractivity contribution in [2.75, 3.05) is 10.6 Å². The number of nitrogens with zero attached hydrogens (tertiary/aromatic N) is 3. The minimum atomic E-state index is -0.337. The van der Waals surface area contributed by atoms with Gasteiger partial charge in [0, 0.05) is 23.4 Å². The van der Waals surface area contributed by atoms with Gasteiger partial charge in [0.25, 0.3) is 5.91 Å². The van der Waals surface area contributed by atoms with Crippen molar-refractivity contribution in [1.82, 2.24) is 9.97 Å². The van der Waals surface area contributed by atoms with Gasteiger partial charge in [-0.05, 0) is 31.0 Å². The molecule has 30 heavy (non-hydrogen) atoms. The van der Waals surface area contributed by atoms with Crippen molar-refractivity contribution in [2.45, 2.75) is 38.1 Å². The van der Waals surface area contributed by atoms with E-state index in [0.717, 1.165) is 18.4 Å². The average Bonchev–Trinajstić information content (AvgIpc) is 2.80. The summed E-state index contributed by atoms with van der Waals surface area (Å²) in [7, 11) is 0. The van der Waals surface area contributed by atoms with Gasteiger partial charge >= 0.3 is 0 Å². The molecule has 1 saturated carbocycles. The second-order valence-electron chi connectivity index (χ2n) is 7.45. The number of carbonyl (C=O) groups excluding carboxylic acids is 1. The molecule has 1 aliphatic rings. The Balaban J connectivity index is 1.64. The number of anilines is 2. The summed E-state index contributed by atoms with van der Waals surface area (Å²) in [6, 6.07) is 20.6. The van der Waals surface area contributed by atoms with Crippen LogP contribution >= 0.6 is 0 Å². The maximum absolute atomic E-state index is 12.9. The predicted octanol–water partition coefficient (Wildman–Crippen LogP) is 5.01. The van der Waals surface area contributed by atoms with Gasteiger partial charge in [0.15, 0.2) is 5.82 Å². The van der Waals surface area contributed by atoms with Gasteiger partial charge in [0.2, 0.25) is 0 Å². The number of benzene rings is 2. The van der Waals surface area contributed by atoms with Gasteiger partial charge in [-0.3, -0.25) is 4.79 Å². The van der Waals surface area contributed by atoms with Crippen LogP contribution in [0.4, 0.5) is 11.5 Å². The monoisotopic (exact) mass is 397 g/mol. The molecule has 1 fully saturated rings. The summed E-state index contributed by atoms with van der Waals surface area (Å²) in [4.78, 5) is 22.1. The lowest BCUT2D eigenvalue weighted by Crippen LogP contribution is -2.24. The lowest BCUT2D eigenvalue weighted by atomic mass is 9.95. The maximum atomic E-state index is 12.9. The Bertz CT molecular complexity index is 1070. The molecule has 1 amide bonds. The molecule has 2 aromatic carbocycles. The standard InChI is InChI=1S/C24H23N5O/c25-16-17-8-7-13-20(14-17)27-24(30)21-15-22(26-19-11-5-2-6-12-19)29-23(28-21)18-9-3-1-4-10-18/h1,3-4,7-10,13-15,19H,2,5-6,11-12H2,(H,27,30)(H,26,28,29). The molecule has 2 N–H and O–H groups in total. The quantitative estimate of drug-likeness (QED) is 0.631. The second kappa shape index (κ2) is 9.19. The molecule has 0 spiro atoms. The maximum Gasteiger partial charge on any atom is 0.274 e. The number of hydrogen-bond donors (Lipinski definition) is 2. The molecule has 0 atom stereocenters. The van der Waals surface area contributed by atoms with Crippen LogP contribution in [0, 0.1) is 11.3 Å². The number of amides is 1. The summed E-state index contributed by atoms with van der Waals surface area (Å²) in [5, 5.41) is 15.4. The Morgan fingerprint density at radius 3 is 2.53 bits per heavy atom. The summed E-state index contributed by atoms with van der Waals surface area (Å²) >= 11 is 0. The highest BCUT2D eigenvalue weighted by Gasteiger charge is 2.17. The van der Waals surface area contributed by atoms with Crippen LogP contribution in [0.5, 0.6) is 0 Å². The molecular formula is C24H23N5O. The normalized spacial score (nSPS) is 14.0. The molecule has 0 saturated heterocycles. The Hall–Kier alpha value is -3.72. The zero-order chi connectivity index (χ0) is 20.8. The summed E-state index contributed by atoms with van der Waals surface area (Å²) < 4.78 is 0. The minimum absolute atomic E-state index is 0.282.